The lowest BCUT2D eigenvalue weighted by Gasteiger charge is -2.08. The Morgan fingerprint density at radius 1 is 1.31 bits per heavy atom. The van der Waals surface area contributed by atoms with E-state index < -0.39 is 0 Å². The number of aryl methyl sites for hydroxylation is 1. The molecule has 1 saturated carbocycles. The number of carbonyl (C=O) groups is 1. The van der Waals surface area contributed by atoms with E-state index in [0.29, 0.717) is 18.2 Å². The quantitative estimate of drug-likeness (QED) is 0.748. The summed E-state index contributed by atoms with van der Waals surface area (Å²) in [5.74, 6) is 1.05. The Morgan fingerprint density at radius 3 is 2.75 bits per heavy atom. The van der Waals surface area contributed by atoms with Gasteiger partial charge in [-0.15, -0.1) is 5.10 Å². The number of amides is 1. The molecule has 0 aromatic carbocycles. The summed E-state index contributed by atoms with van der Waals surface area (Å²) < 4.78 is 0. The minimum absolute atomic E-state index is 0.0000491. The van der Waals surface area contributed by atoms with Gasteiger partial charge in [-0.3, -0.25) is 4.79 Å². The lowest BCUT2D eigenvalue weighted by molar-refractivity contribution is -0.117. The third-order valence-corrected chi connectivity index (χ3v) is 2.85. The van der Waals surface area contributed by atoms with Crippen LogP contribution in [0.25, 0.3) is 0 Å². The van der Waals surface area contributed by atoms with Crippen molar-refractivity contribution in [3.05, 3.63) is 17.8 Å². The number of hydrogen-bond donors (Lipinski definition) is 0. The number of carbonyl (C=O) groups excluding carboxylic acids is 1. The SMILES string of the molecule is Cc1ccc(N2N=C(C3CC3)CC2=O)nn1. The Hall–Kier alpha value is -1.78. The van der Waals surface area contributed by atoms with E-state index >= 15 is 0 Å². The van der Waals surface area contributed by atoms with E-state index in [1.54, 1.807) is 6.07 Å². The highest BCUT2D eigenvalue weighted by Gasteiger charge is 2.35. The summed E-state index contributed by atoms with van der Waals surface area (Å²) in [5, 5.41) is 13.6. The maximum atomic E-state index is 11.7. The fraction of sp³-hybridized carbons (Fsp3) is 0.455. The van der Waals surface area contributed by atoms with Crippen LogP contribution in [0.15, 0.2) is 17.2 Å². The predicted molar refractivity (Wildman–Crippen MR) is 59.0 cm³/mol. The Labute approximate surface area is 93.2 Å². The van der Waals surface area contributed by atoms with E-state index in [-0.39, 0.29) is 5.91 Å². The van der Waals surface area contributed by atoms with Crippen LogP contribution >= 0.6 is 0 Å². The third kappa shape index (κ3) is 1.58. The predicted octanol–water partition coefficient (Wildman–Crippen LogP) is 1.29. The zero-order chi connectivity index (χ0) is 11.1. The summed E-state index contributed by atoms with van der Waals surface area (Å²) in [6.45, 7) is 1.86. The van der Waals surface area contributed by atoms with Gasteiger partial charge in [-0.05, 0) is 37.8 Å². The molecule has 2 aliphatic rings. The molecule has 0 unspecified atom stereocenters. The summed E-state index contributed by atoms with van der Waals surface area (Å²) in [5.41, 5.74) is 1.84. The summed E-state index contributed by atoms with van der Waals surface area (Å²) in [7, 11) is 0. The first-order valence-corrected chi connectivity index (χ1v) is 5.45. The first-order valence-electron chi connectivity index (χ1n) is 5.45. The monoisotopic (exact) mass is 216 g/mol. The maximum absolute atomic E-state index is 11.7. The first kappa shape index (κ1) is 9.45. The lowest BCUT2D eigenvalue weighted by Crippen LogP contribution is -2.21. The Bertz CT molecular complexity index is 461. The second kappa shape index (κ2) is 3.37. The average molecular weight is 216 g/mol. The number of aromatic nitrogens is 2. The summed E-state index contributed by atoms with van der Waals surface area (Å²) in [6, 6.07) is 3.61. The third-order valence-electron chi connectivity index (χ3n) is 2.85. The van der Waals surface area contributed by atoms with E-state index in [2.05, 4.69) is 15.3 Å². The summed E-state index contributed by atoms with van der Waals surface area (Å²) in [6.07, 6.45) is 2.78. The van der Waals surface area contributed by atoms with E-state index in [1.807, 2.05) is 13.0 Å². The van der Waals surface area contributed by atoms with E-state index in [9.17, 15) is 4.79 Å². The second-order valence-corrected chi connectivity index (χ2v) is 4.28. The van der Waals surface area contributed by atoms with Crippen molar-refractivity contribution in [3.8, 4) is 0 Å². The van der Waals surface area contributed by atoms with E-state index in [4.69, 9.17) is 0 Å². The molecule has 0 spiro atoms. The van der Waals surface area contributed by atoms with E-state index in [1.165, 1.54) is 17.9 Å². The molecule has 2 heterocycles. The minimum atomic E-state index is 0.0000491. The van der Waals surface area contributed by atoms with Crippen LogP contribution in [-0.4, -0.2) is 21.8 Å². The molecule has 1 aromatic heterocycles. The van der Waals surface area contributed by atoms with Crippen molar-refractivity contribution >= 4 is 17.4 Å². The zero-order valence-electron chi connectivity index (χ0n) is 9.05. The van der Waals surface area contributed by atoms with Crippen LogP contribution in [0.5, 0.6) is 0 Å². The standard InChI is InChI=1S/C11H12N4O/c1-7-2-5-10(13-12-7)15-11(16)6-9(14-15)8-3-4-8/h2,5,8H,3-4,6H2,1H3. The summed E-state index contributed by atoms with van der Waals surface area (Å²) in [4.78, 5) is 11.7. The molecule has 0 N–H and O–H groups in total. The van der Waals surface area contributed by atoms with Gasteiger partial charge in [-0.2, -0.15) is 15.2 Å². The number of hydrogen-bond acceptors (Lipinski definition) is 4. The molecule has 1 aliphatic carbocycles. The molecular weight excluding hydrogens is 204 g/mol. The van der Waals surface area contributed by atoms with Crippen molar-refractivity contribution in [2.24, 2.45) is 11.0 Å². The van der Waals surface area contributed by atoms with Gasteiger partial charge in [0.2, 0.25) is 0 Å². The van der Waals surface area contributed by atoms with Crippen LogP contribution < -0.4 is 5.01 Å². The van der Waals surface area contributed by atoms with Crippen molar-refractivity contribution in [3.63, 3.8) is 0 Å². The highest BCUT2D eigenvalue weighted by atomic mass is 16.2. The van der Waals surface area contributed by atoms with Gasteiger partial charge in [0, 0.05) is 0 Å². The van der Waals surface area contributed by atoms with Gasteiger partial charge in [0.1, 0.15) is 0 Å². The molecular formula is C11H12N4O. The van der Waals surface area contributed by atoms with Crippen LogP contribution in [0.1, 0.15) is 25.0 Å². The van der Waals surface area contributed by atoms with Gasteiger partial charge in [-0.25, -0.2) is 0 Å². The average Bonchev–Trinajstić information content (AvgIpc) is 3.04. The molecule has 1 aromatic rings. The highest BCUT2D eigenvalue weighted by molar-refractivity contribution is 6.13. The van der Waals surface area contributed by atoms with Gasteiger partial charge in [0.05, 0.1) is 17.8 Å². The minimum Gasteiger partial charge on any atom is -0.272 e. The summed E-state index contributed by atoms with van der Waals surface area (Å²) >= 11 is 0. The van der Waals surface area contributed by atoms with Gasteiger partial charge >= 0.3 is 0 Å². The molecule has 0 saturated heterocycles. The van der Waals surface area contributed by atoms with Crippen molar-refractivity contribution in [1.29, 1.82) is 0 Å². The molecule has 1 amide bonds. The van der Waals surface area contributed by atoms with Gasteiger partial charge in [-0.1, -0.05) is 0 Å². The normalized spacial score (nSPS) is 20.2. The first-order chi connectivity index (χ1) is 7.74. The van der Waals surface area contributed by atoms with Crippen molar-refractivity contribution < 1.29 is 4.79 Å². The van der Waals surface area contributed by atoms with Crippen LogP contribution in [0.2, 0.25) is 0 Å². The van der Waals surface area contributed by atoms with Crippen LogP contribution in [0.4, 0.5) is 5.82 Å². The van der Waals surface area contributed by atoms with E-state index in [0.717, 1.165) is 11.4 Å². The molecule has 0 radical (unpaired) electrons. The number of rotatable bonds is 2. The Balaban J connectivity index is 1.88. The number of hydrazone groups is 1. The zero-order valence-corrected chi connectivity index (χ0v) is 9.05. The Morgan fingerprint density at radius 2 is 2.12 bits per heavy atom. The van der Waals surface area contributed by atoms with Crippen LogP contribution in [-0.2, 0) is 4.79 Å². The molecule has 82 valence electrons. The molecule has 0 bridgehead atoms. The maximum Gasteiger partial charge on any atom is 0.254 e. The molecule has 0 atom stereocenters. The van der Waals surface area contributed by atoms with Crippen molar-refractivity contribution in [2.45, 2.75) is 26.2 Å². The Kier molecular flexibility index (Phi) is 1.99. The molecule has 16 heavy (non-hydrogen) atoms. The molecule has 5 nitrogen and oxygen atoms in total. The number of anilines is 1. The largest absolute Gasteiger partial charge is 0.272 e. The van der Waals surface area contributed by atoms with Gasteiger partial charge in [0.25, 0.3) is 5.91 Å². The van der Waals surface area contributed by atoms with Crippen molar-refractivity contribution in [1.82, 2.24) is 10.2 Å². The molecule has 1 aliphatic heterocycles. The molecule has 5 heteroatoms. The van der Waals surface area contributed by atoms with Crippen molar-refractivity contribution in [2.75, 3.05) is 5.01 Å². The van der Waals surface area contributed by atoms with Crippen LogP contribution in [0.3, 0.4) is 0 Å². The van der Waals surface area contributed by atoms with Crippen LogP contribution in [0, 0.1) is 12.8 Å². The lowest BCUT2D eigenvalue weighted by atomic mass is 10.2. The number of nitrogens with zero attached hydrogens (tertiary/aromatic N) is 4. The topological polar surface area (TPSA) is 58.5 Å². The molecule has 1 fully saturated rings. The smallest absolute Gasteiger partial charge is 0.254 e. The fourth-order valence-corrected chi connectivity index (χ4v) is 1.78. The fourth-order valence-electron chi connectivity index (χ4n) is 1.78. The van der Waals surface area contributed by atoms with Gasteiger partial charge < -0.3 is 0 Å². The highest BCUT2D eigenvalue weighted by Crippen LogP contribution is 2.35. The molecule has 3 rings (SSSR count). The van der Waals surface area contributed by atoms with Gasteiger partial charge in [0.15, 0.2) is 5.82 Å². The second-order valence-electron chi connectivity index (χ2n) is 4.28.